The second-order valence-electron chi connectivity index (χ2n) is 5.01. The third-order valence-electron chi connectivity index (χ3n) is 3.44. The number of carbonyl (C=O) groups excluding carboxylic acids is 1. The number of nitrogens with one attached hydrogen (secondary N) is 1. The van der Waals surface area contributed by atoms with Crippen LogP contribution in [0.15, 0.2) is 70.7 Å². The third kappa shape index (κ3) is 3.65. The first kappa shape index (κ1) is 14.6. The maximum atomic E-state index is 12.3. The fourth-order valence-corrected chi connectivity index (χ4v) is 3.15. The van der Waals surface area contributed by atoms with E-state index in [1.807, 2.05) is 53.9 Å². The zero-order chi connectivity index (χ0) is 15.2. The van der Waals surface area contributed by atoms with Gasteiger partial charge in [-0.05, 0) is 29.1 Å². The molecule has 3 aromatic rings. The Kier molecular flexibility index (Phi) is 4.71. The fraction of sp³-hybridized carbons (Fsp3) is 0.167. The van der Waals surface area contributed by atoms with Crippen molar-refractivity contribution >= 4 is 17.2 Å². The lowest BCUT2D eigenvalue weighted by atomic mass is 10.1. The van der Waals surface area contributed by atoms with Crippen molar-refractivity contribution in [1.29, 1.82) is 0 Å². The van der Waals surface area contributed by atoms with E-state index >= 15 is 0 Å². The summed E-state index contributed by atoms with van der Waals surface area (Å²) in [5, 5.41) is 5.16. The molecule has 0 aliphatic rings. The standard InChI is InChI=1S/C18H17NO2S/c20-17(11-10-15-8-4-12-21-15)19-18(16-9-5-13-22-16)14-6-2-1-3-7-14/h1-9,12-13,18H,10-11H2,(H,19,20). The Morgan fingerprint density at radius 1 is 1.09 bits per heavy atom. The van der Waals surface area contributed by atoms with Crippen LogP contribution in [0.4, 0.5) is 0 Å². The van der Waals surface area contributed by atoms with Crippen molar-refractivity contribution in [3.05, 3.63) is 82.4 Å². The van der Waals surface area contributed by atoms with Crippen LogP contribution in [0.3, 0.4) is 0 Å². The molecule has 1 amide bonds. The molecule has 1 aromatic carbocycles. The molecule has 2 aromatic heterocycles. The predicted octanol–water partition coefficient (Wildman–Crippen LogP) is 4.18. The molecule has 2 heterocycles. The van der Waals surface area contributed by atoms with Crippen LogP contribution < -0.4 is 5.32 Å². The van der Waals surface area contributed by atoms with E-state index in [0.29, 0.717) is 12.8 Å². The second-order valence-corrected chi connectivity index (χ2v) is 5.99. The molecule has 3 rings (SSSR count). The normalized spacial score (nSPS) is 12.0. The van der Waals surface area contributed by atoms with Gasteiger partial charge in [0.15, 0.2) is 0 Å². The number of furan rings is 1. The van der Waals surface area contributed by atoms with E-state index in [-0.39, 0.29) is 11.9 Å². The van der Waals surface area contributed by atoms with Crippen molar-refractivity contribution in [2.24, 2.45) is 0 Å². The summed E-state index contributed by atoms with van der Waals surface area (Å²) >= 11 is 1.65. The SMILES string of the molecule is O=C(CCc1ccco1)NC(c1ccccc1)c1cccs1. The van der Waals surface area contributed by atoms with Crippen LogP contribution in [-0.2, 0) is 11.2 Å². The fourth-order valence-electron chi connectivity index (χ4n) is 2.34. The predicted molar refractivity (Wildman–Crippen MR) is 87.8 cm³/mol. The van der Waals surface area contributed by atoms with Gasteiger partial charge in [-0.1, -0.05) is 36.4 Å². The van der Waals surface area contributed by atoms with Crippen molar-refractivity contribution in [3.63, 3.8) is 0 Å². The molecular weight excluding hydrogens is 294 g/mol. The number of carbonyl (C=O) groups is 1. The topological polar surface area (TPSA) is 42.2 Å². The van der Waals surface area contributed by atoms with Gasteiger partial charge in [0.25, 0.3) is 0 Å². The van der Waals surface area contributed by atoms with Crippen LogP contribution in [0.1, 0.15) is 28.7 Å². The van der Waals surface area contributed by atoms with Gasteiger partial charge in [0.2, 0.25) is 5.91 Å². The molecule has 1 N–H and O–H groups in total. The molecule has 0 saturated heterocycles. The van der Waals surface area contributed by atoms with Crippen molar-refractivity contribution in [3.8, 4) is 0 Å². The summed E-state index contributed by atoms with van der Waals surface area (Å²) in [6, 6.07) is 17.7. The summed E-state index contributed by atoms with van der Waals surface area (Å²) in [5.74, 6) is 0.862. The Morgan fingerprint density at radius 2 is 1.95 bits per heavy atom. The molecule has 4 heteroatoms. The minimum atomic E-state index is -0.0923. The van der Waals surface area contributed by atoms with E-state index in [0.717, 1.165) is 16.2 Å². The first-order valence-electron chi connectivity index (χ1n) is 7.23. The summed E-state index contributed by atoms with van der Waals surface area (Å²) < 4.78 is 5.27. The number of hydrogen-bond donors (Lipinski definition) is 1. The molecule has 0 spiro atoms. The van der Waals surface area contributed by atoms with E-state index in [4.69, 9.17) is 4.42 Å². The minimum Gasteiger partial charge on any atom is -0.469 e. The molecular formula is C18H17NO2S. The van der Waals surface area contributed by atoms with Gasteiger partial charge in [-0.15, -0.1) is 11.3 Å². The number of benzene rings is 1. The van der Waals surface area contributed by atoms with Gasteiger partial charge in [-0.3, -0.25) is 4.79 Å². The van der Waals surface area contributed by atoms with Gasteiger partial charge in [-0.25, -0.2) is 0 Å². The van der Waals surface area contributed by atoms with Gasteiger partial charge in [0, 0.05) is 17.7 Å². The maximum Gasteiger partial charge on any atom is 0.221 e. The largest absolute Gasteiger partial charge is 0.469 e. The monoisotopic (exact) mass is 311 g/mol. The Balaban J connectivity index is 1.69. The van der Waals surface area contributed by atoms with E-state index in [2.05, 4.69) is 11.4 Å². The van der Waals surface area contributed by atoms with Gasteiger partial charge in [-0.2, -0.15) is 0 Å². The molecule has 0 bridgehead atoms. The summed E-state index contributed by atoms with van der Waals surface area (Å²) in [6.07, 6.45) is 2.67. The number of rotatable bonds is 6. The minimum absolute atomic E-state index is 0.0265. The van der Waals surface area contributed by atoms with Crippen LogP contribution in [-0.4, -0.2) is 5.91 Å². The van der Waals surface area contributed by atoms with Crippen LogP contribution in [0, 0.1) is 0 Å². The number of aryl methyl sites for hydroxylation is 1. The van der Waals surface area contributed by atoms with Gasteiger partial charge >= 0.3 is 0 Å². The van der Waals surface area contributed by atoms with Crippen molar-refractivity contribution in [2.75, 3.05) is 0 Å². The first-order valence-corrected chi connectivity index (χ1v) is 8.11. The highest BCUT2D eigenvalue weighted by molar-refractivity contribution is 7.10. The highest BCUT2D eigenvalue weighted by atomic mass is 32.1. The Labute approximate surface area is 133 Å². The van der Waals surface area contributed by atoms with Crippen molar-refractivity contribution in [1.82, 2.24) is 5.32 Å². The van der Waals surface area contributed by atoms with E-state index in [1.165, 1.54) is 0 Å². The second kappa shape index (κ2) is 7.09. The molecule has 0 saturated carbocycles. The zero-order valence-electron chi connectivity index (χ0n) is 12.1. The number of amides is 1. The molecule has 0 radical (unpaired) electrons. The lowest BCUT2D eigenvalue weighted by molar-refractivity contribution is -0.121. The average molecular weight is 311 g/mol. The summed E-state index contributed by atoms with van der Waals surface area (Å²) in [7, 11) is 0. The Bertz CT molecular complexity index is 690. The van der Waals surface area contributed by atoms with Gasteiger partial charge in [0.05, 0.1) is 12.3 Å². The van der Waals surface area contributed by atoms with Crippen molar-refractivity contribution < 1.29 is 9.21 Å². The smallest absolute Gasteiger partial charge is 0.221 e. The third-order valence-corrected chi connectivity index (χ3v) is 4.38. The van der Waals surface area contributed by atoms with Gasteiger partial charge < -0.3 is 9.73 Å². The highest BCUT2D eigenvalue weighted by Crippen LogP contribution is 2.26. The molecule has 0 aliphatic heterocycles. The summed E-state index contributed by atoms with van der Waals surface area (Å²) in [4.78, 5) is 13.4. The van der Waals surface area contributed by atoms with E-state index < -0.39 is 0 Å². The molecule has 0 fully saturated rings. The van der Waals surface area contributed by atoms with Crippen molar-refractivity contribution in [2.45, 2.75) is 18.9 Å². The summed E-state index contributed by atoms with van der Waals surface area (Å²) in [6.45, 7) is 0. The maximum absolute atomic E-state index is 12.3. The Hall–Kier alpha value is -2.33. The van der Waals surface area contributed by atoms with Gasteiger partial charge in [0.1, 0.15) is 5.76 Å². The average Bonchev–Trinajstić information content (AvgIpc) is 3.25. The molecule has 1 atom stereocenters. The quantitative estimate of drug-likeness (QED) is 0.742. The number of thiophene rings is 1. The molecule has 22 heavy (non-hydrogen) atoms. The number of hydrogen-bond acceptors (Lipinski definition) is 3. The van der Waals surface area contributed by atoms with Crippen LogP contribution in [0.2, 0.25) is 0 Å². The lowest BCUT2D eigenvalue weighted by Crippen LogP contribution is -2.28. The highest BCUT2D eigenvalue weighted by Gasteiger charge is 2.17. The van der Waals surface area contributed by atoms with Crippen LogP contribution >= 0.6 is 11.3 Å². The zero-order valence-corrected chi connectivity index (χ0v) is 12.9. The summed E-state index contributed by atoms with van der Waals surface area (Å²) in [5.41, 5.74) is 1.09. The molecule has 3 nitrogen and oxygen atoms in total. The first-order chi connectivity index (χ1) is 10.8. The van der Waals surface area contributed by atoms with Crippen LogP contribution in [0.5, 0.6) is 0 Å². The molecule has 112 valence electrons. The van der Waals surface area contributed by atoms with E-state index in [9.17, 15) is 4.79 Å². The Morgan fingerprint density at radius 3 is 2.64 bits per heavy atom. The lowest BCUT2D eigenvalue weighted by Gasteiger charge is -2.18. The molecule has 1 unspecified atom stereocenters. The van der Waals surface area contributed by atoms with E-state index in [1.54, 1.807) is 17.6 Å². The van der Waals surface area contributed by atoms with Crippen LogP contribution in [0.25, 0.3) is 0 Å². The molecule has 0 aliphatic carbocycles.